The summed E-state index contributed by atoms with van der Waals surface area (Å²) in [6.45, 7) is 10.7. The number of pyridine rings is 1. The first kappa shape index (κ1) is 27.3. The maximum absolute atomic E-state index is 13.9. The number of alkyl halides is 3. The normalized spacial score (nSPS) is 18.2. The molecule has 0 radical (unpaired) electrons. The molecule has 0 atom stereocenters. The van der Waals surface area contributed by atoms with Gasteiger partial charge in [-0.05, 0) is 82.5 Å². The minimum Gasteiger partial charge on any atom is -0.381 e. The fourth-order valence-corrected chi connectivity index (χ4v) is 7.40. The summed E-state index contributed by atoms with van der Waals surface area (Å²) >= 11 is 1.50. The zero-order valence-corrected chi connectivity index (χ0v) is 23.8. The molecule has 0 amide bonds. The Kier molecular flexibility index (Phi) is 7.43. The second-order valence-corrected chi connectivity index (χ2v) is 12.2. The van der Waals surface area contributed by atoms with E-state index in [1.54, 1.807) is 10.7 Å². The Balaban J connectivity index is 1.28. The molecule has 8 nitrogen and oxygen atoms in total. The number of likely N-dealkylation sites (tertiary alicyclic amines) is 1. The van der Waals surface area contributed by atoms with Gasteiger partial charge >= 0.3 is 6.18 Å². The van der Waals surface area contributed by atoms with Crippen LogP contribution < -0.4 is 0 Å². The van der Waals surface area contributed by atoms with Crippen LogP contribution in [0.15, 0.2) is 12.5 Å². The number of aryl methyl sites for hydroxylation is 2. The monoisotopic (exact) mass is 573 g/mol. The smallest absolute Gasteiger partial charge is 0.381 e. The highest BCUT2D eigenvalue weighted by molar-refractivity contribution is 7.15. The van der Waals surface area contributed by atoms with Crippen LogP contribution in [0.25, 0.3) is 27.6 Å². The predicted octanol–water partition coefficient (Wildman–Crippen LogP) is 5.88. The number of nitrogens with zero attached hydrogens (tertiary/aromatic N) is 6. The van der Waals surface area contributed by atoms with Gasteiger partial charge in [-0.15, -0.1) is 11.3 Å². The SMILES string of the molecule is Cc1nc(-c2[nH]nc(-c3cn4ncnc4c(C)c3C)c2CC(F)(F)F)sc1C1CCN(CC2CCOCC2)CC1. The van der Waals surface area contributed by atoms with Crippen LogP contribution >= 0.6 is 11.3 Å². The van der Waals surface area contributed by atoms with Gasteiger partial charge in [0.25, 0.3) is 0 Å². The van der Waals surface area contributed by atoms with Crippen LogP contribution in [0, 0.1) is 26.7 Å². The van der Waals surface area contributed by atoms with Crippen LogP contribution in [0.1, 0.15) is 58.9 Å². The van der Waals surface area contributed by atoms with Crippen molar-refractivity contribution in [3.8, 4) is 22.0 Å². The van der Waals surface area contributed by atoms with Crippen molar-refractivity contribution >= 4 is 17.0 Å². The maximum atomic E-state index is 13.9. The summed E-state index contributed by atoms with van der Waals surface area (Å²) < 4.78 is 48.7. The molecule has 2 fully saturated rings. The molecule has 214 valence electrons. The molecule has 12 heteroatoms. The van der Waals surface area contributed by atoms with Crippen LogP contribution in [0.3, 0.4) is 0 Å². The van der Waals surface area contributed by atoms with Gasteiger partial charge in [-0.1, -0.05) is 0 Å². The van der Waals surface area contributed by atoms with E-state index in [0.717, 1.165) is 75.4 Å². The van der Waals surface area contributed by atoms with E-state index in [4.69, 9.17) is 9.72 Å². The molecule has 0 unspecified atom stereocenters. The molecule has 0 aliphatic carbocycles. The molecule has 4 aromatic rings. The Labute approximate surface area is 235 Å². The Morgan fingerprint density at radius 3 is 2.55 bits per heavy atom. The highest BCUT2D eigenvalue weighted by Crippen LogP contribution is 2.42. The van der Waals surface area contributed by atoms with Crippen molar-refractivity contribution < 1.29 is 17.9 Å². The van der Waals surface area contributed by atoms with Crippen molar-refractivity contribution in [2.45, 2.75) is 65.0 Å². The first-order valence-corrected chi connectivity index (χ1v) is 14.7. The number of fused-ring (bicyclic) bond motifs is 1. The summed E-state index contributed by atoms with van der Waals surface area (Å²) in [7, 11) is 0. The molecular weight excluding hydrogens is 539 g/mol. The second kappa shape index (κ2) is 10.9. The number of H-pyrrole nitrogens is 1. The standard InChI is InChI=1S/C28H34F3N7OS/c1-16-17(2)26-32-15-33-38(26)14-22(16)23-21(12-28(29,30)31)24(36-35-23)27-34-18(3)25(40-27)20-4-8-37(9-5-20)13-19-6-10-39-11-7-19/h14-15,19-20H,4-13H2,1-3H3,(H,35,36). The number of thiazole rings is 1. The lowest BCUT2D eigenvalue weighted by Gasteiger charge is -2.35. The van der Waals surface area contributed by atoms with Crippen LogP contribution in [0.5, 0.6) is 0 Å². The van der Waals surface area contributed by atoms with Crippen molar-refractivity contribution in [1.82, 2.24) is 34.7 Å². The Hall–Kier alpha value is -2.83. The highest BCUT2D eigenvalue weighted by atomic mass is 32.1. The van der Waals surface area contributed by atoms with Crippen LogP contribution in [-0.2, 0) is 11.2 Å². The number of aromatic amines is 1. The zero-order chi connectivity index (χ0) is 28.0. The van der Waals surface area contributed by atoms with Crippen molar-refractivity contribution in [2.75, 3.05) is 32.8 Å². The minimum absolute atomic E-state index is 0.112. The van der Waals surface area contributed by atoms with E-state index in [1.165, 1.54) is 22.5 Å². The average molecular weight is 574 g/mol. The second-order valence-electron chi connectivity index (χ2n) is 11.1. The fraction of sp³-hybridized carbons (Fsp3) is 0.571. The zero-order valence-electron chi connectivity index (χ0n) is 23.0. The molecule has 0 saturated carbocycles. The van der Waals surface area contributed by atoms with E-state index < -0.39 is 12.6 Å². The van der Waals surface area contributed by atoms with Gasteiger partial charge in [0.15, 0.2) is 5.65 Å². The molecule has 2 aliphatic rings. The molecule has 0 spiro atoms. The van der Waals surface area contributed by atoms with Crippen LogP contribution in [0.2, 0.25) is 0 Å². The van der Waals surface area contributed by atoms with E-state index >= 15 is 0 Å². The van der Waals surface area contributed by atoms with Gasteiger partial charge in [0.05, 0.1) is 23.5 Å². The van der Waals surface area contributed by atoms with Crippen LogP contribution in [0.4, 0.5) is 13.2 Å². The number of hydrogen-bond acceptors (Lipinski definition) is 7. The van der Waals surface area contributed by atoms with E-state index in [1.807, 2.05) is 20.8 Å². The minimum atomic E-state index is -4.40. The summed E-state index contributed by atoms with van der Waals surface area (Å²) in [5.41, 5.74) is 4.59. The Bertz CT molecular complexity index is 1490. The number of aromatic nitrogens is 6. The molecule has 40 heavy (non-hydrogen) atoms. The van der Waals surface area contributed by atoms with Gasteiger partial charge in [-0.25, -0.2) is 14.5 Å². The lowest BCUT2D eigenvalue weighted by Crippen LogP contribution is -2.38. The summed E-state index contributed by atoms with van der Waals surface area (Å²) in [4.78, 5) is 12.8. The quantitative estimate of drug-likeness (QED) is 0.310. The summed E-state index contributed by atoms with van der Waals surface area (Å²) in [5, 5.41) is 12.1. The number of rotatable bonds is 6. The van der Waals surface area contributed by atoms with Crippen molar-refractivity contribution in [3.05, 3.63) is 39.8 Å². The van der Waals surface area contributed by atoms with Gasteiger partial charge in [-0.3, -0.25) is 5.10 Å². The lowest BCUT2D eigenvalue weighted by atomic mass is 9.92. The van der Waals surface area contributed by atoms with Crippen molar-refractivity contribution in [3.63, 3.8) is 0 Å². The maximum Gasteiger partial charge on any atom is 0.393 e. The molecule has 4 aromatic heterocycles. The summed E-state index contributed by atoms with van der Waals surface area (Å²) in [6, 6.07) is 0. The van der Waals surface area contributed by atoms with Gasteiger partial charge in [0.1, 0.15) is 11.3 Å². The molecule has 2 aliphatic heterocycles. The summed E-state index contributed by atoms with van der Waals surface area (Å²) in [6.07, 6.45) is 1.98. The number of piperidine rings is 1. The average Bonchev–Trinajstić information content (AvgIpc) is 3.65. The van der Waals surface area contributed by atoms with E-state index in [0.29, 0.717) is 33.7 Å². The lowest BCUT2D eigenvalue weighted by molar-refractivity contribution is -0.127. The molecule has 0 bridgehead atoms. The third-order valence-electron chi connectivity index (χ3n) is 8.49. The molecule has 6 heterocycles. The van der Waals surface area contributed by atoms with Gasteiger partial charge < -0.3 is 9.64 Å². The van der Waals surface area contributed by atoms with E-state index in [-0.39, 0.29) is 11.3 Å². The van der Waals surface area contributed by atoms with Gasteiger partial charge in [-0.2, -0.15) is 23.4 Å². The van der Waals surface area contributed by atoms with E-state index in [9.17, 15) is 13.2 Å². The third-order valence-corrected chi connectivity index (χ3v) is 9.83. The number of ether oxygens (including phenoxy) is 1. The molecule has 0 aromatic carbocycles. The fourth-order valence-electron chi connectivity index (χ4n) is 6.14. The summed E-state index contributed by atoms with van der Waals surface area (Å²) in [5.74, 6) is 1.08. The van der Waals surface area contributed by atoms with Gasteiger partial charge in [0, 0.05) is 42.0 Å². The third kappa shape index (κ3) is 5.40. The Morgan fingerprint density at radius 2 is 1.82 bits per heavy atom. The largest absolute Gasteiger partial charge is 0.393 e. The molecule has 2 saturated heterocycles. The number of hydrogen-bond donors (Lipinski definition) is 1. The number of halogens is 3. The topological polar surface area (TPSA) is 84.2 Å². The molecular formula is C28H34F3N7OS. The number of nitrogens with one attached hydrogen (secondary N) is 1. The van der Waals surface area contributed by atoms with Gasteiger partial charge in [0.2, 0.25) is 0 Å². The van der Waals surface area contributed by atoms with Crippen molar-refractivity contribution in [1.29, 1.82) is 0 Å². The molecule has 6 rings (SSSR count). The van der Waals surface area contributed by atoms with Crippen molar-refractivity contribution in [2.24, 2.45) is 5.92 Å². The van der Waals surface area contributed by atoms with E-state index in [2.05, 4.69) is 25.2 Å². The first-order chi connectivity index (χ1) is 19.2. The molecule has 1 N–H and O–H groups in total. The predicted molar refractivity (Wildman–Crippen MR) is 148 cm³/mol. The highest BCUT2D eigenvalue weighted by Gasteiger charge is 2.34. The first-order valence-electron chi connectivity index (χ1n) is 13.9. The van der Waals surface area contributed by atoms with Crippen LogP contribution in [-0.4, -0.2) is 73.7 Å². The Morgan fingerprint density at radius 1 is 1.07 bits per heavy atom.